The van der Waals surface area contributed by atoms with Crippen molar-refractivity contribution in [2.24, 2.45) is 0 Å². The molecule has 20 heavy (non-hydrogen) atoms. The highest BCUT2D eigenvalue weighted by molar-refractivity contribution is 7.17. The van der Waals surface area contributed by atoms with Gasteiger partial charge in [-0.15, -0.1) is 11.3 Å². The van der Waals surface area contributed by atoms with Crippen LogP contribution in [0.1, 0.15) is 31.2 Å². The number of carboxylic acid groups (broad SMARTS) is 2. The van der Waals surface area contributed by atoms with Crippen LogP contribution in [0, 0.1) is 0 Å². The Morgan fingerprint density at radius 1 is 1.10 bits per heavy atom. The van der Waals surface area contributed by atoms with Crippen molar-refractivity contribution in [2.75, 3.05) is 0 Å². The molecule has 0 saturated carbocycles. The lowest BCUT2D eigenvalue weighted by molar-refractivity contribution is 0.0688. The number of fused-ring (bicyclic) bond motifs is 3. The Bertz CT molecular complexity index is 755. The van der Waals surface area contributed by atoms with Gasteiger partial charge in [0.2, 0.25) is 0 Å². The molecular formula is C15H10O4S. The molecule has 1 aliphatic carbocycles. The van der Waals surface area contributed by atoms with Crippen molar-refractivity contribution < 1.29 is 19.8 Å². The molecule has 0 atom stereocenters. The van der Waals surface area contributed by atoms with Gasteiger partial charge in [0.1, 0.15) is 4.88 Å². The summed E-state index contributed by atoms with van der Waals surface area (Å²) in [5, 5.41) is 18.1. The summed E-state index contributed by atoms with van der Waals surface area (Å²) in [7, 11) is 0. The van der Waals surface area contributed by atoms with E-state index in [0.717, 1.165) is 21.6 Å². The van der Waals surface area contributed by atoms with Gasteiger partial charge in [-0.05, 0) is 41.3 Å². The molecule has 3 rings (SSSR count). The molecule has 0 saturated heterocycles. The predicted octanol–water partition coefficient (Wildman–Crippen LogP) is 3.38. The van der Waals surface area contributed by atoms with Crippen LogP contribution < -0.4 is 0 Å². The average Bonchev–Trinajstić information content (AvgIpc) is 2.76. The molecule has 1 aromatic heterocycles. The lowest BCUT2D eigenvalue weighted by atomic mass is 10.0. The normalized spacial score (nSPS) is 12.4. The third-order valence-corrected chi connectivity index (χ3v) is 4.40. The van der Waals surface area contributed by atoms with Crippen molar-refractivity contribution in [1.29, 1.82) is 0 Å². The van der Waals surface area contributed by atoms with Crippen molar-refractivity contribution in [3.05, 3.63) is 51.9 Å². The minimum atomic E-state index is -0.969. The molecule has 1 heterocycles. The molecule has 5 heteroatoms. The molecule has 4 nitrogen and oxygen atoms in total. The first kappa shape index (κ1) is 12.6. The zero-order valence-electron chi connectivity index (χ0n) is 10.3. The minimum Gasteiger partial charge on any atom is -0.478 e. The molecule has 2 aromatic rings. The Morgan fingerprint density at radius 3 is 2.60 bits per heavy atom. The molecule has 1 aromatic carbocycles. The van der Waals surface area contributed by atoms with E-state index in [-0.39, 0.29) is 5.56 Å². The van der Waals surface area contributed by atoms with Crippen LogP contribution in [-0.4, -0.2) is 22.2 Å². The van der Waals surface area contributed by atoms with Crippen molar-refractivity contribution in [3.8, 4) is 10.4 Å². The quantitative estimate of drug-likeness (QED) is 0.887. The number of carbonyl (C=O) groups is 2. The Balaban J connectivity index is 2.20. The first-order chi connectivity index (χ1) is 9.56. The topological polar surface area (TPSA) is 74.6 Å². The minimum absolute atomic E-state index is 0.229. The maximum absolute atomic E-state index is 11.1. The molecule has 0 spiro atoms. The lowest BCUT2D eigenvalue weighted by Crippen LogP contribution is -1.96. The highest BCUT2D eigenvalue weighted by atomic mass is 32.1. The monoisotopic (exact) mass is 286 g/mol. The van der Waals surface area contributed by atoms with Crippen LogP contribution in [0.15, 0.2) is 30.3 Å². The summed E-state index contributed by atoms with van der Waals surface area (Å²) in [6.45, 7) is 0. The number of hydrogen-bond donors (Lipinski definition) is 2. The fourth-order valence-corrected chi connectivity index (χ4v) is 3.34. The molecule has 100 valence electrons. The summed E-state index contributed by atoms with van der Waals surface area (Å²) >= 11 is 1.23. The second-order valence-electron chi connectivity index (χ2n) is 4.48. The largest absolute Gasteiger partial charge is 0.478 e. The predicted molar refractivity (Wildman–Crippen MR) is 76.4 cm³/mol. The van der Waals surface area contributed by atoms with Gasteiger partial charge in [-0.2, -0.15) is 0 Å². The fraction of sp³-hybridized carbons (Fsp3) is 0.0667. The van der Waals surface area contributed by atoms with Gasteiger partial charge in [-0.1, -0.05) is 18.2 Å². The maximum Gasteiger partial charge on any atom is 0.345 e. The van der Waals surface area contributed by atoms with Gasteiger partial charge in [0, 0.05) is 4.88 Å². The van der Waals surface area contributed by atoms with E-state index in [2.05, 4.69) is 0 Å². The van der Waals surface area contributed by atoms with E-state index in [1.165, 1.54) is 11.3 Å². The molecule has 0 unspecified atom stereocenters. The SMILES string of the molecule is O=C(O)c1ccc2c(c1)C=CCc1cc(C(=O)O)sc1-2. The standard InChI is InChI=1S/C15H10O4S/c16-14(17)10-4-5-11-8(6-10)2-1-3-9-7-12(15(18)19)20-13(9)11/h1-2,4-7H,3H2,(H,16,17)(H,18,19). The number of benzene rings is 1. The van der Waals surface area contributed by atoms with E-state index in [4.69, 9.17) is 10.2 Å². The maximum atomic E-state index is 11.1. The second kappa shape index (κ2) is 4.61. The summed E-state index contributed by atoms with van der Waals surface area (Å²) in [5.74, 6) is -1.90. The van der Waals surface area contributed by atoms with Crippen LogP contribution >= 0.6 is 11.3 Å². The van der Waals surface area contributed by atoms with Crippen LogP contribution in [0.25, 0.3) is 16.5 Å². The number of hydrogen-bond acceptors (Lipinski definition) is 3. The summed E-state index contributed by atoms with van der Waals surface area (Å²) < 4.78 is 0. The van der Waals surface area contributed by atoms with Crippen LogP contribution in [0.3, 0.4) is 0 Å². The number of carboxylic acids is 2. The number of allylic oxidation sites excluding steroid dienone is 1. The van der Waals surface area contributed by atoms with E-state index < -0.39 is 11.9 Å². The Kier molecular flexibility index (Phi) is 2.91. The van der Waals surface area contributed by atoms with Gasteiger partial charge in [0.25, 0.3) is 0 Å². The summed E-state index contributed by atoms with van der Waals surface area (Å²) in [6.07, 6.45) is 4.46. The van der Waals surface area contributed by atoms with Gasteiger partial charge >= 0.3 is 11.9 Å². The molecule has 0 fully saturated rings. The van der Waals surface area contributed by atoms with Gasteiger partial charge in [-0.3, -0.25) is 0 Å². The third kappa shape index (κ3) is 2.02. The van der Waals surface area contributed by atoms with E-state index in [1.54, 1.807) is 24.3 Å². The molecule has 2 N–H and O–H groups in total. The summed E-state index contributed by atoms with van der Waals surface area (Å²) in [6, 6.07) is 6.59. The van der Waals surface area contributed by atoms with E-state index >= 15 is 0 Å². The smallest absolute Gasteiger partial charge is 0.345 e. The van der Waals surface area contributed by atoms with Crippen LogP contribution in [0.4, 0.5) is 0 Å². The molecule has 0 bridgehead atoms. The Labute approximate surface area is 118 Å². The summed E-state index contributed by atoms with van der Waals surface area (Å²) in [5.41, 5.74) is 2.89. The van der Waals surface area contributed by atoms with E-state index in [1.807, 2.05) is 12.2 Å². The highest BCUT2D eigenvalue weighted by Crippen LogP contribution is 2.38. The third-order valence-electron chi connectivity index (χ3n) is 3.20. The number of aromatic carboxylic acids is 2. The van der Waals surface area contributed by atoms with Gasteiger partial charge < -0.3 is 10.2 Å². The first-order valence-corrected chi connectivity index (χ1v) is 6.78. The number of rotatable bonds is 2. The Morgan fingerprint density at radius 2 is 1.90 bits per heavy atom. The van der Waals surface area contributed by atoms with E-state index in [9.17, 15) is 9.59 Å². The van der Waals surface area contributed by atoms with Crippen molar-refractivity contribution in [2.45, 2.75) is 6.42 Å². The zero-order valence-corrected chi connectivity index (χ0v) is 11.1. The summed E-state index contributed by atoms with van der Waals surface area (Å²) in [4.78, 5) is 23.3. The zero-order chi connectivity index (χ0) is 14.3. The number of thiophene rings is 1. The lowest BCUT2D eigenvalue weighted by Gasteiger charge is -2.05. The van der Waals surface area contributed by atoms with Crippen LogP contribution in [-0.2, 0) is 6.42 Å². The first-order valence-electron chi connectivity index (χ1n) is 5.96. The Hall–Kier alpha value is -2.40. The van der Waals surface area contributed by atoms with Gasteiger partial charge in [-0.25, -0.2) is 9.59 Å². The molecule has 0 aliphatic heterocycles. The molecule has 0 radical (unpaired) electrons. The van der Waals surface area contributed by atoms with Crippen molar-refractivity contribution in [1.82, 2.24) is 0 Å². The highest BCUT2D eigenvalue weighted by Gasteiger charge is 2.19. The van der Waals surface area contributed by atoms with E-state index in [0.29, 0.717) is 11.3 Å². The molecule has 1 aliphatic rings. The molecule has 0 amide bonds. The fourth-order valence-electron chi connectivity index (χ4n) is 2.27. The van der Waals surface area contributed by atoms with Gasteiger partial charge in [0.15, 0.2) is 0 Å². The second-order valence-corrected chi connectivity index (χ2v) is 5.54. The van der Waals surface area contributed by atoms with Gasteiger partial charge in [0.05, 0.1) is 5.56 Å². The van der Waals surface area contributed by atoms with Crippen LogP contribution in [0.5, 0.6) is 0 Å². The van der Waals surface area contributed by atoms with Crippen molar-refractivity contribution in [3.63, 3.8) is 0 Å². The van der Waals surface area contributed by atoms with Crippen LogP contribution in [0.2, 0.25) is 0 Å². The molecular weight excluding hydrogens is 276 g/mol. The average molecular weight is 286 g/mol. The van der Waals surface area contributed by atoms with Crippen molar-refractivity contribution >= 4 is 29.4 Å².